The molecule has 0 bridgehead atoms. The van der Waals surface area contributed by atoms with Gasteiger partial charge < -0.3 is 5.32 Å². The van der Waals surface area contributed by atoms with E-state index in [2.05, 4.69) is 5.32 Å². The van der Waals surface area contributed by atoms with Crippen LogP contribution in [0.3, 0.4) is 0 Å². The van der Waals surface area contributed by atoms with Crippen LogP contribution in [0.2, 0.25) is 0 Å². The Bertz CT molecular complexity index is 372. The first-order chi connectivity index (χ1) is 8.32. The van der Waals surface area contributed by atoms with E-state index < -0.39 is 14.8 Å². The molecule has 0 aromatic carbocycles. The molecule has 0 aliphatic carbocycles. The molecule has 1 atom stereocenters. The molecule has 0 saturated carbocycles. The first kappa shape index (κ1) is 14.3. The highest BCUT2D eigenvalue weighted by Gasteiger charge is 2.38. The molecular weight excluding hydrogens is 248 g/mol. The molecule has 4 nitrogen and oxygen atoms in total. The van der Waals surface area contributed by atoms with Crippen molar-refractivity contribution in [3.63, 3.8) is 0 Å². The van der Waals surface area contributed by atoms with Crippen molar-refractivity contribution < 1.29 is 8.42 Å². The molecular formula is C13H26N2O2S. The minimum Gasteiger partial charge on any atom is -0.314 e. The highest BCUT2D eigenvalue weighted by molar-refractivity contribution is 7.90. The Labute approximate surface area is 111 Å². The van der Waals surface area contributed by atoms with E-state index in [4.69, 9.17) is 0 Å². The van der Waals surface area contributed by atoms with Crippen molar-refractivity contribution in [3.8, 4) is 0 Å². The molecule has 5 heteroatoms. The molecule has 1 unspecified atom stereocenters. The van der Waals surface area contributed by atoms with Gasteiger partial charge in [-0.15, -0.1) is 0 Å². The molecule has 2 aliphatic rings. The summed E-state index contributed by atoms with van der Waals surface area (Å²) in [6, 6.07) is 0.629. The Kier molecular flexibility index (Phi) is 4.04. The molecule has 2 rings (SSSR count). The number of rotatable bonds is 2. The molecule has 18 heavy (non-hydrogen) atoms. The van der Waals surface area contributed by atoms with Gasteiger partial charge in [0.15, 0.2) is 0 Å². The number of hydrogen-bond donors (Lipinski definition) is 1. The molecule has 2 aliphatic heterocycles. The molecule has 0 amide bonds. The summed E-state index contributed by atoms with van der Waals surface area (Å²) in [5.74, 6) is 0.666. The van der Waals surface area contributed by atoms with Gasteiger partial charge in [-0.05, 0) is 58.9 Å². The van der Waals surface area contributed by atoms with Gasteiger partial charge in [-0.25, -0.2) is 12.7 Å². The molecule has 2 fully saturated rings. The molecule has 106 valence electrons. The van der Waals surface area contributed by atoms with E-state index in [9.17, 15) is 8.42 Å². The third-order valence-electron chi connectivity index (χ3n) is 4.28. The van der Waals surface area contributed by atoms with Crippen molar-refractivity contribution in [2.24, 2.45) is 5.92 Å². The van der Waals surface area contributed by atoms with Crippen molar-refractivity contribution >= 4 is 10.0 Å². The second-order valence-electron chi connectivity index (χ2n) is 6.56. The zero-order valence-corrected chi connectivity index (χ0v) is 12.6. The van der Waals surface area contributed by atoms with Crippen molar-refractivity contribution in [2.75, 3.05) is 19.6 Å². The normalized spacial score (nSPS) is 28.7. The van der Waals surface area contributed by atoms with Crippen LogP contribution < -0.4 is 5.32 Å². The van der Waals surface area contributed by atoms with Crippen molar-refractivity contribution in [3.05, 3.63) is 0 Å². The van der Waals surface area contributed by atoms with E-state index in [1.165, 1.54) is 12.8 Å². The van der Waals surface area contributed by atoms with E-state index in [1.807, 2.05) is 0 Å². The predicted molar refractivity (Wildman–Crippen MR) is 74.0 cm³/mol. The number of nitrogens with one attached hydrogen (secondary N) is 1. The van der Waals surface area contributed by atoms with Gasteiger partial charge in [0.25, 0.3) is 0 Å². The Morgan fingerprint density at radius 2 is 1.72 bits per heavy atom. The van der Waals surface area contributed by atoms with Crippen LogP contribution in [0, 0.1) is 5.92 Å². The summed E-state index contributed by atoms with van der Waals surface area (Å²) in [4.78, 5) is 0. The van der Waals surface area contributed by atoms with Crippen LogP contribution in [-0.4, -0.2) is 43.1 Å². The lowest BCUT2D eigenvalue weighted by Gasteiger charge is -2.37. The monoisotopic (exact) mass is 274 g/mol. The smallest absolute Gasteiger partial charge is 0.219 e. The van der Waals surface area contributed by atoms with Crippen LogP contribution in [-0.2, 0) is 10.0 Å². The quantitative estimate of drug-likeness (QED) is 0.832. The van der Waals surface area contributed by atoms with E-state index in [-0.39, 0.29) is 0 Å². The number of hydrogen-bond acceptors (Lipinski definition) is 3. The third-order valence-corrected chi connectivity index (χ3v) is 6.87. The summed E-state index contributed by atoms with van der Waals surface area (Å²) >= 11 is 0. The van der Waals surface area contributed by atoms with E-state index >= 15 is 0 Å². The van der Waals surface area contributed by atoms with Gasteiger partial charge in [0.05, 0.1) is 4.75 Å². The second kappa shape index (κ2) is 5.10. The van der Waals surface area contributed by atoms with Crippen LogP contribution in [0.15, 0.2) is 0 Å². The molecule has 0 aromatic rings. The molecule has 0 aromatic heterocycles. The van der Waals surface area contributed by atoms with Gasteiger partial charge in [-0.1, -0.05) is 0 Å². The fraction of sp³-hybridized carbons (Fsp3) is 1.00. The first-order valence-corrected chi connectivity index (χ1v) is 8.49. The zero-order valence-electron chi connectivity index (χ0n) is 11.8. The summed E-state index contributed by atoms with van der Waals surface area (Å²) in [7, 11) is -3.13. The van der Waals surface area contributed by atoms with Gasteiger partial charge in [0.1, 0.15) is 0 Å². The fourth-order valence-electron chi connectivity index (χ4n) is 3.02. The zero-order chi connectivity index (χ0) is 13.4. The van der Waals surface area contributed by atoms with Gasteiger partial charge in [-0.3, -0.25) is 0 Å². The summed E-state index contributed by atoms with van der Waals surface area (Å²) in [5, 5.41) is 3.54. The number of piperidine rings is 1. The van der Waals surface area contributed by atoms with Crippen LogP contribution in [0.4, 0.5) is 0 Å². The highest BCUT2D eigenvalue weighted by atomic mass is 32.2. The highest BCUT2D eigenvalue weighted by Crippen LogP contribution is 2.29. The van der Waals surface area contributed by atoms with Crippen LogP contribution in [0.5, 0.6) is 0 Å². The maximum Gasteiger partial charge on any atom is 0.219 e. The minimum absolute atomic E-state index is 0.629. The summed E-state index contributed by atoms with van der Waals surface area (Å²) in [6.07, 6.45) is 4.54. The average molecular weight is 274 g/mol. The SMILES string of the molecule is CC(C)(C)S(=O)(=O)N1CCC(C2CCCN2)CC1. The van der Waals surface area contributed by atoms with Gasteiger partial charge in [0, 0.05) is 19.1 Å². The lowest BCUT2D eigenvalue weighted by molar-refractivity contribution is 0.231. The lowest BCUT2D eigenvalue weighted by atomic mass is 9.89. The van der Waals surface area contributed by atoms with Crippen molar-refractivity contribution in [1.82, 2.24) is 9.62 Å². The van der Waals surface area contributed by atoms with Gasteiger partial charge in [-0.2, -0.15) is 0 Å². The molecule has 0 radical (unpaired) electrons. The van der Waals surface area contributed by atoms with Crippen molar-refractivity contribution in [2.45, 2.75) is 57.2 Å². The second-order valence-corrected chi connectivity index (χ2v) is 9.25. The number of sulfonamides is 1. The van der Waals surface area contributed by atoms with Gasteiger partial charge in [0.2, 0.25) is 10.0 Å². The Morgan fingerprint density at radius 3 is 2.17 bits per heavy atom. The van der Waals surface area contributed by atoms with E-state index in [0.29, 0.717) is 25.0 Å². The fourth-order valence-corrected chi connectivity index (χ4v) is 4.49. The van der Waals surface area contributed by atoms with Crippen LogP contribution >= 0.6 is 0 Å². The lowest BCUT2D eigenvalue weighted by Crippen LogP contribution is -2.48. The molecule has 0 spiro atoms. The maximum absolute atomic E-state index is 12.3. The summed E-state index contributed by atoms with van der Waals surface area (Å²) in [5.41, 5.74) is 0. The third kappa shape index (κ3) is 2.73. The van der Waals surface area contributed by atoms with Gasteiger partial charge >= 0.3 is 0 Å². The number of nitrogens with zero attached hydrogens (tertiary/aromatic N) is 1. The minimum atomic E-state index is -3.13. The molecule has 1 N–H and O–H groups in total. The summed E-state index contributed by atoms with van der Waals surface area (Å²) < 4.78 is 25.7. The standard InChI is InChI=1S/C13H26N2O2S/c1-13(2,3)18(16,17)15-9-6-11(7-10-15)12-5-4-8-14-12/h11-12,14H,4-10H2,1-3H3. The van der Waals surface area contributed by atoms with E-state index in [0.717, 1.165) is 19.4 Å². The topological polar surface area (TPSA) is 49.4 Å². The van der Waals surface area contributed by atoms with Crippen molar-refractivity contribution in [1.29, 1.82) is 0 Å². The Balaban J connectivity index is 1.94. The molecule has 2 heterocycles. The predicted octanol–water partition coefficient (Wildman–Crippen LogP) is 1.58. The largest absolute Gasteiger partial charge is 0.314 e. The first-order valence-electron chi connectivity index (χ1n) is 7.05. The Hall–Kier alpha value is -0.130. The van der Waals surface area contributed by atoms with Crippen LogP contribution in [0.25, 0.3) is 0 Å². The summed E-state index contributed by atoms with van der Waals surface area (Å²) in [6.45, 7) is 7.88. The van der Waals surface area contributed by atoms with E-state index in [1.54, 1.807) is 25.1 Å². The molecule has 2 saturated heterocycles. The average Bonchev–Trinajstić information content (AvgIpc) is 2.81. The van der Waals surface area contributed by atoms with Crippen LogP contribution in [0.1, 0.15) is 46.5 Å². The Morgan fingerprint density at radius 1 is 1.11 bits per heavy atom. The maximum atomic E-state index is 12.3.